The lowest BCUT2D eigenvalue weighted by molar-refractivity contribution is -0.114. The maximum atomic E-state index is 11.0. The zero-order valence-electron chi connectivity index (χ0n) is 12.5. The molecule has 110 valence electrons. The van der Waals surface area contributed by atoms with E-state index in [0.29, 0.717) is 0 Å². The van der Waals surface area contributed by atoms with E-state index in [9.17, 15) is 4.79 Å². The van der Waals surface area contributed by atoms with Crippen LogP contribution in [-0.4, -0.2) is 5.91 Å². The summed E-state index contributed by atoms with van der Waals surface area (Å²) in [6.45, 7) is 2.27. The lowest BCUT2D eigenvalue weighted by Gasteiger charge is -2.09. The second kappa shape index (κ2) is 6.31. The van der Waals surface area contributed by atoms with Crippen molar-refractivity contribution >= 4 is 28.1 Å². The molecular weight excluding hydrogens is 272 g/mol. The van der Waals surface area contributed by atoms with Gasteiger partial charge in [0.15, 0.2) is 0 Å². The summed E-state index contributed by atoms with van der Waals surface area (Å²) in [6, 6.07) is 22.6. The van der Waals surface area contributed by atoms with Crippen LogP contribution in [0.15, 0.2) is 66.7 Å². The summed E-state index contributed by atoms with van der Waals surface area (Å²) < 4.78 is 0. The first-order valence-electron chi connectivity index (χ1n) is 7.30. The van der Waals surface area contributed by atoms with Gasteiger partial charge in [0.05, 0.1) is 0 Å². The summed E-state index contributed by atoms with van der Waals surface area (Å²) in [5.41, 5.74) is 3.08. The third kappa shape index (κ3) is 3.44. The molecule has 0 aromatic heterocycles. The van der Waals surface area contributed by atoms with Crippen LogP contribution in [0.3, 0.4) is 0 Å². The van der Waals surface area contributed by atoms with Gasteiger partial charge in [0.2, 0.25) is 5.91 Å². The number of hydrogen-bond donors (Lipinski definition) is 2. The summed E-state index contributed by atoms with van der Waals surface area (Å²) in [7, 11) is 0. The van der Waals surface area contributed by atoms with Gasteiger partial charge < -0.3 is 10.6 Å². The van der Waals surface area contributed by atoms with Gasteiger partial charge >= 0.3 is 0 Å². The van der Waals surface area contributed by atoms with E-state index < -0.39 is 0 Å². The maximum absolute atomic E-state index is 11.0. The average Bonchev–Trinajstić information content (AvgIpc) is 2.53. The zero-order chi connectivity index (χ0) is 15.4. The highest BCUT2D eigenvalue weighted by molar-refractivity contribution is 5.88. The molecule has 0 aliphatic heterocycles. The lowest BCUT2D eigenvalue weighted by Crippen LogP contribution is -2.05. The fourth-order valence-corrected chi connectivity index (χ4v) is 2.43. The molecule has 3 rings (SSSR count). The van der Waals surface area contributed by atoms with Gasteiger partial charge in [-0.15, -0.1) is 0 Å². The van der Waals surface area contributed by atoms with Gasteiger partial charge in [-0.1, -0.05) is 36.4 Å². The van der Waals surface area contributed by atoms with Gasteiger partial charge in [-0.05, 0) is 46.7 Å². The Morgan fingerprint density at radius 2 is 1.55 bits per heavy atom. The Labute approximate surface area is 130 Å². The van der Waals surface area contributed by atoms with Crippen LogP contribution in [0.5, 0.6) is 0 Å². The molecule has 3 aromatic rings. The van der Waals surface area contributed by atoms with Crippen molar-refractivity contribution in [3.63, 3.8) is 0 Å². The van der Waals surface area contributed by atoms with Crippen molar-refractivity contribution < 1.29 is 4.79 Å². The zero-order valence-corrected chi connectivity index (χ0v) is 12.5. The first-order valence-corrected chi connectivity index (χ1v) is 7.30. The number of amides is 1. The molecular formula is C19H18N2O. The van der Waals surface area contributed by atoms with Crippen LogP contribution in [0.2, 0.25) is 0 Å². The molecule has 0 aliphatic carbocycles. The topological polar surface area (TPSA) is 41.1 Å². The number of hydrogen-bond acceptors (Lipinski definition) is 2. The summed E-state index contributed by atoms with van der Waals surface area (Å²) in [5.74, 6) is -0.0585. The summed E-state index contributed by atoms with van der Waals surface area (Å²) in [4.78, 5) is 11.0. The molecule has 0 radical (unpaired) electrons. The number of carbonyl (C=O) groups is 1. The minimum absolute atomic E-state index is 0.0585. The van der Waals surface area contributed by atoms with Crippen molar-refractivity contribution in [3.8, 4) is 0 Å². The molecule has 0 unspecified atom stereocenters. The van der Waals surface area contributed by atoms with Crippen LogP contribution >= 0.6 is 0 Å². The van der Waals surface area contributed by atoms with Crippen LogP contribution in [0, 0.1) is 0 Å². The number of carbonyl (C=O) groups excluding carboxylic acids is 1. The van der Waals surface area contributed by atoms with Crippen LogP contribution in [-0.2, 0) is 11.3 Å². The van der Waals surface area contributed by atoms with E-state index in [1.165, 1.54) is 23.3 Å². The fraction of sp³-hybridized carbons (Fsp3) is 0.105. The number of nitrogens with one attached hydrogen (secondary N) is 2. The Balaban J connectivity index is 1.67. The lowest BCUT2D eigenvalue weighted by atomic mass is 10.1. The third-order valence-electron chi connectivity index (χ3n) is 3.52. The molecule has 0 spiro atoms. The van der Waals surface area contributed by atoms with Gasteiger partial charge in [-0.2, -0.15) is 0 Å². The number of benzene rings is 3. The number of fused-ring (bicyclic) bond motifs is 1. The van der Waals surface area contributed by atoms with Crippen LogP contribution in [0.4, 0.5) is 11.4 Å². The van der Waals surface area contributed by atoms with Crippen molar-refractivity contribution in [3.05, 3.63) is 72.3 Å². The minimum atomic E-state index is -0.0585. The monoisotopic (exact) mass is 290 g/mol. The standard InChI is InChI=1S/C19H18N2O/c1-14(22)21-19-10-8-18(9-11-19)20-13-15-6-7-16-4-2-3-5-17(16)12-15/h2-12,20H,13H2,1H3,(H,21,22). The van der Waals surface area contributed by atoms with Gasteiger partial charge in [0.25, 0.3) is 0 Å². The highest BCUT2D eigenvalue weighted by atomic mass is 16.1. The highest BCUT2D eigenvalue weighted by Crippen LogP contribution is 2.18. The van der Waals surface area contributed by atoms with E-state index in [1.54, 1.807) is 0 Å². The summed E-state index contributed by atoms with van der Waals surface area (Å²) in [6.07, 6.45) is 0. The van der Waals surface area contributed by atoms with E-state index in [4.69, 9.17) is 0 Å². The molecule has 0 heterocycles. The number of anilines is 2. The Hall–Kier alpha value is -2.81. The van der Waals surface area contributed by atoms with Crippen molar-refractivity contribution in [1.82, 2.24) is 0 Å². The normalized spacial score (nSPS) is 10.4. The Bertz CT molecular complexity index is 794. The first-order chi connectivity index (χ1) is 10.7. The molecule has 0 bridgehead atoms. The second-order valence-corrected chi connectivity index (χ2v) is 5.29. The second-order valence-electron chi connectivity index (χ2n) is 5.29. The van der Waals surface area contributed by atoms with Crippen LogP contribution in [0.25, 0.3) is 10.8 Å². The third-order valence-corrected chi connectivity index (χ3v) is 3.52. The first kappa shape index (κ1) is 14.1. The smallest absolute Gasteiger partial charge is 0.221 e. The minimum Gasteiger partial charge on any atom is -0.381 e. The molecule has 22 heavy (non-hydrogen) atoms. The molecule has 0 saturated carbocycles. The van der Waals surface area contributed by atoms with Gasteiger partial charge in [-0.3, -0.25) is 4.79 Å². The average molecular weight is 290 g/mol. The summed E-state index contributed by atoms with van der Waals surface area (Å²) >= 11 is 0. The SMILES string of the molecule is CC(=O)Nc1ccc(NCc2ccc3ccccc3c2)cc1. The number of rotatable bonds is 4. The van der Waals surface area contributed by atoms with Crippen molar-refractivity contribution in [2.75, 3.05) is 10.6 Å². The van der Waals surface area contributed by atoms with E-state index >= 15 is 0 Å². The maximum Gasteiger partial charge on any atom is 0.221 e. The summed E-state index contributed by atoms with van der Waals surface area (Å²) in [5, 5.41) is 8.66. The molecule has 0 fully saturated rings. The quantitative estimate of drug-likeness (QED) is 0.747. The molecule has 3 aromatic carbocycles. The molecule has 0 saturated heterocycles. The molecule has 2 N–H and O–H groups in total. The molecule has 0 atom stereocenters. The molecule has 3 nitrogen and oxygen atoms in total. The largest absolute Gasteiger partial charge is 0.381 e. The van der Waals surface area contributed by atoms with Gasteiger partial charge in [0, 0.05) is 24.8 Å². The Morgan fingerprint density at radius 1 is 0.864 bits per heavy atom. The van der Waals surface area contributed by atoms with Crippen molar-refractivity contribution in [2.45, 2.75) is 13.5 Å². The highest BCUT2D eigenvalue weighted by Gasteiger charge is 1.98. The molecule has 1 amide bonds. The van der Waals surface area contributed by atoms with E-state index in [-0.39, 0.29) is 5.91 Å². The van der Waals surface area contributed by atoms with Crippen LogP contribution in [0.1, 0.15) is 12.5 Å². The molecule has 3 heteroatoms. The Kier molecular flexibility index (Phi) is 4.05. The van der Waals surface area contributed by atoms with Crippen LogP contribution < -0.4 is 10.6 Å². The van der Waals surface area contributed by atoms with E-state index in [2.05, 4.69) is 53.1 Å². The van der Waals surface area contributed by atoms with E-state index in [1.807, 2.05) is 24.3 Å². The predicted octanol–water partition coefficient (Wildman–Crippen LogP) is 4.41. The van der Waals surface area contributed by atoms with Gasteiger partial charge in [0.1, 0.15) is 0 Å². The molecule has 0 aliphatic rings. The van der Waals surface area contributed by atoms with Crippen molar-refractivity contribution in [1.29, 1.82) is 0 Å². The van der Waals surface area contributed by atoms with Crippen molar-refractivity contribution in [2.24, 2.45) is 0 Å². The predicted molar refractivity (Wildman–Crippen MR) is 92.0 cm³/mol. The van der Waals surface area contributed by atoms with E-state index in [0.717, 1.165) is 17.9 Å². The Morgan fingerprint density at radius 3 is 2.27 bits per heavy atom. The fourth-order valence-electron chi connectivity index (χ4n) is 2.43. The van der Waals surface area contributed by atoms with Gasteiger partial charge in [-0.25, -0.2) is 0 Å².